The number of pyridine rings is 1. The number of rotatable bonds is 6. The van der Waals surface area contributed by atoms with Gasteiger partial charge in [0.2, 0.25) is 0 Å². The van der Waals surface area contributed by atoms with E-state index >= 15 is 0 Å². The Morgan fingerprint density at radius 1 is 1.58 bits per heavy atom. The molecule has 0 aliphatic heterocycles. The topological polar surface area (TPSA) is 71.3 Å². The Labute approximate surface area is 113 Å². The average molecular weight is 264 g/mol. The van der Waals surface area contributed by atoms with E-state index in [-0.39, 0.29) is 5.69 Å². The van der Waals surface area contributed by atoms with Gasteiger partial charge in [0.25, 0.3) is 5.69 Å². The quantitative estimate of drug-likeness (QED) is 0.630. The highest BCUT2D eigenvalue weighted by molar-refractivity contribution is 5.44. The first-order valence-electron chi connectivity index (χ1n) is 6.57. The largest absolute Gasteiger partial charge is 0.368 e. The molecule has 0 aromatic carbocycles. The van der Waals surface area contributed by atoms with Crippen LogP contribution in [-0.4, -0.2) is 40.5 Å². The summed E-state index contributed by atoms with van der Waals surface area (Å²) >= 11 is 0. The van der Waals surface area contributed by atoms with E-state index in [1.807, 2.05) is 0 Å². The molecule has 1 atom stereocenters. The molecule has 6 heteroatoms. The maximum absolute atomic E-state index is 10.7. The van der Waals surface area contributed by atoms with Crippen LogP contribution in [0.25, 0.3) is 0 Å². The van der Waals surface area contributed by atoms with Crippen molar-refractivity contribution in [1.82, 2.24) is 9.88 Å². The summed E-state index contributed by atoms with van der Waals surface area (Å²) in [6.45, 7) is 4.61. The van der Waals surface area contributed by atoms with E-state index in [4.69, 9.17) is 0 Å². The van der Waals surface area contributed by atoms with Gasteiger partial charge in [-0.2, -0.15) is 0 Å². The van der Waals surface area contributed by atoms with Crippen molar-refractivity contribution in [2.45, 2.75) is 38.8 Å². The van der Waals surface area contributed by atoms with Crippen LogP contribution < -0.4 is 5.32 Å². The number of nitrogens with one attached hydrogen (secondary N) is 1. The van der Waals surface area contributed by atoms with Gasteiger partial charge in [0.05, 0.1) is 4.92 Å². The molecule has 1 aromatic heterocycles. The van der Waals surface area contributed by atoms with Gasteiger partial charge in [0, 0.05) is 24.7 Å². The third kappa shape index (κ3) is 3.41. The molecule has 0 radical (unpaired) electrons. The van der Waals surface area contributed by atoms with Gasteiger partial charge in [-0.25, -0.2) is 4.98 Å². The lowest BCUT2D eigenvalue weighted by Gasteiger charge is -2.24. The molecule has 2 rings (SSSR count). The van der Waals surface area contributed by atoms with Crippen molar-refractivity contribution < 1.29 is 4.92 Å². The smallest absolute Gasteiger partial charge is 0.290 e. The first-order chi connectivity index (χ1) is 8.99. The van der Waals surface area contributed by atoms with Crippen molar-refractivity contribution in [3.05, 3.63) is 27.9 Å². The number of likely N-dealkylation sites (N-methyl/N-ethyl adjacent to an activating group) is 1. The molecule has 0 amide bonds. The first-order valence-corrected chi connectivity index (χ1v) is 6.57. The van der Waals surface area contributed by atoms with Crippen LogP contribution >= 0.6 is 0 Å². The minimum absolute atomic E-state index is 0.0636. The van der Waals surface area contributed by atoms with Gasteiger partial charge in [-0.05, 0) is 39.8 Å². The lowest BCUT2D eigenvalue weighted by atomic mass is 10.2. The van der Waals surface area contributed by atoms with Crippen molar-refractivity contribution in [3.63, 3.8) is 0 Å². The van der Waals surface area contributed by atoms with Crippen LogP contribution in [0.1, 0.15) is 25.5 Å². The Hall–Kier alpha value is -1.69. The summed E-state index contributed by atoms with van der Waals surface area (Å²) in [5.41, 5.74) is 0.506. The highest BCUT2D eigenvalue weighted by Gasteiger charge is 2.28. The normalized spacial score (nSPS) is 16.4. The standard InChI is InChI=1S/C13H20N4O2/c1-9(16(3)11-4-5-11)8-14-13-7-6-12(17(18)19)10(2)15-13/h6-7,9,11H,4-5,8H2,1-3H3,(H,14,15). The summed E-state index contributed by atoms with van der Waals surface area (Å²) in [5.74, 6) is 0.694. The Kier molecular flexibility index (Phi) is 3.99. The Bertz CT molecular complexity index is 474. The molecule has 1 aliphatic rings. The maximum Gasteiger partial charge on any atom is 0.290 e. The van der Waals surface area contributed by atoms with Crippen molar-refractivity contribution in [3.8, 4) is 0 Å². The zero-order valence-electron chi connectivity index (χ0n) is 11.6. The van der Waals surface area contributed by atoms with E-state index in [9.17, 15) is 10.1 Å². The molecule has 0 spiro atoms. The predicted octanol–water partition coefficient (Wildman–Crippen LogP) is 2.19. The minimum atomic E-state index is -0.407. The second-order valence-corrected chi connectivity index (χ2v) is 5.18. The molecule has 1 fully saturated rings. The minimum Gasteiger partial charge on any atom is -0.368 e. The lowest BCUT2D eigenvalue weighted by Crippen LogP contribution is -2.36. The number of aromatic nitrogens is 1. The van der Waals surface area contributed by atoms with E-state index < -0.39 is 4.92 Å². The van der Waals surface area contributed by atoms with Crippen LogP contribution in [-0.2, 0) is 0 Å². The predicted molar refractivity (Wildman–Crippen MR) is 74.4 cm³/mol. The summed E-state index contributed by atoms with van der Waals surface area (Å²) < 4.78 is 0. The number of hydrogen-bond donors (Lipinski definition) is 1. The van der Waals surface area contributed by atoms with Crippen LogP contribution in [0, 0.1) is 17.0 Å². The van der Waals surface area contributed by atoms with E-state index in [1.54, 1.807) is 13.0 Å². The molecule has 1 unspecified atom stereocenters. The van der Waals surface area contributed by atoms with Crippen molar-refractivity contribution in [2.24, 2.45) is 0 Å². The second kappa shape index (κ2) is 5.52. The number of aryl methyl sites for hydroxylation is 1. The van der Waals surface area contributed by atoms with Gasteiger partial charge in [-0.1, -0.05) is 0 Å². The summed E-state index contributed by atoms with van der Waals surface area (Å²) in [6, 6.07) is 4.31. The summed E-state index contributed by atoms with van der Waals surface area (Å²) in [5, 5.41) is 13.9. The zero-order valence-corrected chi connectivity index (χ0v) is 11.6. The summed E-state index contributed by atoms with van der Waals surface area (Å²) in [7, 11) is 2.14. The fraction of sp³-hybridized carbons (Fsp3) is 0.615. The SMILES string of the molecule is Cc1nc(NCC(C)N(C)C2CC2)ccc1[N+](=O)[O-]. The van der Waals surface area contributed by atoms with Gasteiger partial charge < -0.3 is 5.32 Å². The fourth-order valence-electron chi connectivity index (χ4n) is 2.08. The van der Waals surface area contributed by atoms with Gasteiger partial charge >= 0.3 is 0 Å². The van der Waals surface area contributed by atoms with Crippen molar-refractivity contribution in [1.29, 1.82) is 0 Å². The molecule has 1 heterocycles. The van der Waals surface area contributed by atoms with Gasteiger partial charge in [-0.15, -0.1) is 0 Å². The second-order valence-electron chi connectivity index (χ2n) is 5.18. The van der Waals surface area contributed by atoms with Crippen LogP contribution in [0.2, 0.25) is 0 Å². The molecule has 1 aliphatic carbocycles. The number of nitrogens with zero attached hydrogens (tertiary/aromatic N) is 3. The Morgan fingerprint density at radius 2 is 2.26 bits per heavy atom. The van der Waals surface area contributed by atoms with Crippen molar-refractivity contribution >= 4 is 11.5 Å². The highest BCUT2D eigenvalue weighted by atomic mass is 16.6. The zero-order chi connectivity index (χ0) is 14.0. The molecule has 1 aromatic rings. The fourth-order valence-corrected chi connectivity index (χ4v) is 2.08. The van der Waals surface area contributed by atoms with E-state index in [0.29, 0.717) is 17.6 Å². The lowest BCUT2D eigenvalue weighted by molar-refractivity contribution is -0.385. The Balaban J connectivity index is 1.92. The molecule has 19 heavy (non-hydrogen) atoms. The molecule has 0 bridgehead atoms. The maximum atomic E-state index is 10.7. The van der Waals surface area contributed by atoms with Crippen LogP contribution in [0.3, 0.4) is 0 Å². The third-order valence-corrected chi connectivity index (χ3v) is 3.65. The molecule has 6 nitrogen and oxygen atoms in total. The highest BCUT2D eigenvalue weighted by Crippen LogP contribution is 2.27. The molecule has 1 saturated carbocycles. The molecule has 0 saturated heterocycles. The third-order valence-electron chi connectivity index (χ3n) is 3.65. The van der Waals surface area contributed by atoms with Crippen molar-refractivity contribution in [2.75, 3.05) is 18.9 Å². The molecular weight excluding hydrogens is 244 g/mol. The van der Waals surface area contributed by atoms with E-state index in [2.05, 4.69) is 29.2 Å². The van der Waals surface area contributed by atoms with Gasteiger partial charge in [0.15, 0.2) is 0 Å². The van der Waals surface area contributed by atoms with Crippen LogP contribution in [0.5, 0.6) is 0 Å². The molecule has 104 valence electrons. The number of anilines is 1. The number of hydrogen-bond acceptors (Lipinski definition) is 5. The monoisotopic (exact) mass is 264 g/mol. The molecule has 1 N–H and O–H groups in total. The molecular formula is C13H20N4O2. The number of nitro groups is 1. The Morgan fingerprint density at radius 3 is 2.79 bits per heavy atom. The van der Waals surface area contributed by atoms with Gasteiger partial charge in [-0.3, -0.25) is 15.0 Å². The van der Waals surface area contributed by atoms with Crippen LogP contribution in [0.4, 0.5) is 11.5 Å². The van der Waals surface area contributed by atoms with Gasteiger partial charge in [0.1, 0.15) is 11.5 Å². The van der Waals surface area contributed by atoms with E-state index in [0.717, 1.165) is 12.6 Å². The first kappa shape index (κ1) is 13.7. The average Bonchev–Trinajstić information content (AvgIpc) is 3.18. The van der Waals surface area contributed by atoms with Crippen LogP contribution in [0.15, 0.2) is 12.1 Å². The summed E-state index contributed by atoms with van der Waals surface area (Å²) in [6.07, 6.45) is 2.57. The summed E-state index contributed by atoms with van der Waals surface area (Å²) in [4.78, 5) is 16.9. The van der Waals surface area contributed by atoms with E-state index in [1.165, 1.54) is 18.9 Å².